The minimum Gasteiger partial charge on any atom is -0.391 e. The Labute approximate surface area is 123 Å². The molecule has 0 aromatic carbocycles. The number of aromatic amines is 1. The lowest BCUT2D eigenvalue weighted by molar-refractivity contribution is 0.280. The highest BCUT2D eigenvalue weighted by molar-refractivity contribution is 5.54. The molecule has 6 heteroatoms. The van der Waals surface area contributed by atoms with Gasteiger partial charge in [0.2, 0.25) is 0 Å². The van der Waals surface area contributed by atoms with E-state index in [9.17, 15) is 9.90 Å². The Hall–Kier alpha value is -2.21. The predicted molar refractivity (Wildman–Crippen MR) is 81.0 cm³/mol. The fraction of sp³-hybridized carbons (Fsp3) is 0.400. The molecular formula is C15H20N4O2. The molecule has 0 amide bonds. The second-order valence-corrected chi connectivity index (χ2v) is 4.82. The zero-order valence-corrected chi connectivity index (χ0v) is 12.1. The fourth-order valence-corrected chi connectivity index (χ4v) is 2.11. The van der Waals surface area contributed by atoms with Gasteiger partial charge in [0.25, 0.3) is 5.56 Å². The van der Waals surface area contributed by atoms with Crippen LogP contribution in [-0.4, -0.2) is 20.3 Å². The first-order valence-electron chi connectivity index (χ1n) is 7.10. The number of hydrogen-bond donors (Lipinski definition) is 3. The van der Waals surface area contributed by atoms with Crippen LogP contribution in [0.25, 0.3) is 0 Å². The highest BCUT2D eigenvalue weighted by Crippen LogP contribution is 2.18. The van der Waals surface area contributed by atoms with E-state index in [0.717, 1.165) is 30.5 Å². The quantitative estimate of drug-likeness (QED) is 0.720. The fourth-order valence-electron chi connectivity index (χ4n) is 2.11. The molecule has 6 nitrogen and oxygen atoms in total. The van der Waals surface area contributed by atoms with Gasteiger partial charge in [-0.3, -0.25) is 9.78 Å². The van der Waals surface area contributed by atoms with Crippen LogP contribution in [0.1, 0.15) is 36.6 Å². The summed E-state index contributed by atoms with van der Waals surface area (Å²) in [5.74, 6) is 0. The molecule has 0 aliphatic heterocycles. The number of aromatic nitrogens is 3. The van der Waals surface area contributed by atoms with Gasteiger partial charge in [-0.1, -0.05) is 13.3 Å². The number of pyridine rings is 1. The van der Waals surface area contributed by atoms with Gasteiger partial charge in [0, 0.05) is 18.9 Å². The summed E-state index contributed by atoms with van der Waals surface area (Å²) in [6, 6.07) is 3.80. The number of hydrogen-bond acceptors (Lipinski definition) is 5. The third-order valence-electron chi connectivity index (χ3n) is 3.30. The molecule has 0 saturated heterocycles. The first-order valence-corrected chi connectivity index (χ1v) is 7.10. The second kappa shape index (κ2) is 7.54. The van der Waals surface area contributed by atoms with E-state index < -0.39 is 0 Å². The lowest BCUT2D eigenvalue weighted by atomic mass is 10.1. The average molecular weight is 288 g/mol. The summed E-state index contributed by atoms with van der Waals surface area (Å²) in [6.45, 7) is 2.35. The summed E-state index contributed by atoms with van der Waals surface area (Å²) in [6.07, 6.45) is 6.22. The molecule has 0 unspecified atom stereocenters. The van der Waals surface area contributed by atoms with E-state index in [0.29, 0.717) is 17.8 Å². The van der Waals surface area contributed by atoms with Crippen LogP contribution in [0.5, 0.6) is 0 Å². The van der Waals surface area contributed by atoms with Gasteiger partial charge in [-0.2, -0.15) is 5.10 Å². The largest absolute Gasteiger partial charge is 0.391 e. The van der Waals surface area contributed by atoms with Crippen molar-refractivity contribution in [3.63, 3.8) is 0 Å². The topological polar surface area (TPSA) is 90.9 Å². The van der Waals surface area contributed by atoms with Crippen molar-refractivity contribution in [1.82, 2.24) is 15.2 Å². The van der Waals surface area contributed by atoms with E-state index in [1.165, 1.54) is 0 Å². The SMILES string of the molecule is CCCCc1n[nH]c(=O)c(CO)c1NCc1ccncc1. The number of anilines is 1. The van der Waals surface area contributed by atoms with Crippen LogP contribution in [0.4, 0.5) is 5.69 Å². The highest BCUT2D eigenvalue weighted by Gasteiger charge is 2.13. The molecule has 2 aromatic rings. The average Bonchev–Trinajstić information content (AvgIpc) is 2.53. The monoisotopic (exact) mass is 288 g/mol. The smallest absolute Gasteiger partial charge is 0.271 e. The maximum Gasteiger partial charge on any atom is 0.271 e. The third kappa shape index (κ3) is 3.88. The summed E-state index contributed by atoms with van der Waals surface area (Å²) in [7, 11) is 0. The van der Waals surface area contributed by atoms with Crippen molar-refractivity contribution in [3.8, 4) is 0 Å². The van der Waals surface area contributed by atoms with E-state index in [-0.39, 0.29) is 12.2 Å². The van der Waals surface area contributed by atoms with Crippen molar-refractivity contribution in [2.45, 2.75) is 39.3 Å². The molecule has 0 atom stereocenters. The Balaban J connectivity index is 2.25. The van der Waals surface area contributed by atoms with Crippen LogP contribution in [0, 0.1) is 0 Å². The van der Waals surface area contributed by atoms with Gasteiger partial charge in [-0.15, -0.1) is 0 Å². The molecule has 112 valence electrons. The number of unbranched alkanes of at least 4 members (excludes halogenated alkanes) is 1. The van der Waals surface area contributed by atoms with Crippen molar-refractivity contribution in [3.05, 3.63) is 51.7 Å². The van der Waals surface area contributed by atoms with Crippen LogP contribution in [0.2, 0.25) is 0 Å². The Morgan fingerprint density at radius 2 is 2.10 bits per heavy atom. The van der Waals surface area contributed by atoms with Crippen molar-refractivity contribution in [2.24, 2.45) is 0 Å². The first-order chi connectivity index (χ1) is 10.3. The molecule has 0 aliphatic rings. The van der Waals surface area contributed by atoms with E-state index in [1.807, 2.05) is 12.1 Å². The maximum absolute atomic E-state index is 11.8. The molecule has 2 rings (SSSR count). The molecular weight excluding hydrogens is 268 g/mol. The third-order valence-corrected chi connectivity index (χ3v) is 3.30. The Kier molecular flexibility index (Phi) is 5.45. The standard InChI is InChI=1S/C15H20N4O2/c1-2-3-4-13-14(12(10-20)15(21)19-18-13)17-9-11-5-7-16-8-6-11/h5-8,20H,2-4,9-10H2,1H3,(H2,17,19,21). The molecule has 21 heavy (non-hydrogen) atoms. The maximum atomic E-state index is 11.8. The number of aliphatic hydroxyl groups is 1. The van der Waals surface area contributed by atoms with Crippen LogP contribution >= 0.6 is 0 Å². The molecule has 0 aliphatic carbocycles. The van der Waals surface area contributed by atoms with Crippen molar-refractivity contribution >= 4 is 5.69 Å². The van der Waals surface area contributed by atoms with Crippen molar-refractivity contribution in [1.29, 1.82) is 0 Å². The number of H-pyrrole nitrogens is 1. The van der Waals surface area contributed by atoms with Crippen LogP contribution < -0.4 is 10.9 Å². The molecule has 0 fully saturated rings. The van der Waals surface area contributed by atoms with Gasteiger partial charge < -0.3 is 10.4 Å². The van der Waals surface area contributed by atoms with Gasteiger partial charge in [0.1, 0.15) is 0 Å². The molecule has 0 saturated carbocycles. The number of nitrogens with one attached hydrogen (secondary N) is 2. The summed E-state index contributed by atoms with van der Waals surface area (Å²) >= 11 is 0. The van der Waals surface area contributed by atoms with Crippen LogP contribution in [0.3, 0.4) is 0 Å². The van der Waals surface area contributed by atoms with E-state index in [4.69, 9.17) is 0 Å². The normalized spacial score (nSPS) is 10.6. The highest BCUT2D eigenvalue weighted by atomic mass is 16.3. The Bertz CT molecular complexity index is 625. The molecule has 0 bridgehead atoms. The van der Waals surface area contributed by atoms with Gasteiger partial charge in [0.05, 0.1) is 23.6 Å². The minimum atomic E-state index is -0.352. The van der Waals surface area contributed by atoms with Gasteiger partial charge >= 0.3 is 0 Å². The number of rotatable bonds is 7. The molecule has 0 spiro atoms. The van der Waals surface area contributed by atoms with Gasteiger partial charge in [0.15, 0.2) is 0 Å². The predicted octanol–water partition coefficient (Wildman–Crippen LogP) is 1.61. The summed E-state index contributed by atoms with van der Waals surface area (Å²) < 4.78 is 0. The Morgan fingerprint density at radius 3 is 2.76 bits per heavy atom. The lowest BCUT2D eigenvalue weighted by Crippen LogP contribution is -2.20. The van der Waals surface area contributed by atoms with Crippen molar-refractivity contribution < 1.29 is 5.11 Å². The van der Waals surface area contributed by atoms with E-state index in [1.54, 1.807) is 12.4 Å². The second-order valence-electron chi connectivity index (χ2n) is 4.82. The number of aliphatic hydroxyl groups excluding tert-OH is 1. The molecule has 2 aromatic heterocycles. The zero-order valence-electron chi connectivity index (χ0n) is 12.1. The van der Waals surface area contributed by atoms with Gasteiger partial charge in [-0.05, 0) is 30.5 Å². The van der Waals surface area contributed by atoms with Crippen LogP contribution in [0.15, 0.2) is 29.3 Å². The molecule has 3 N–H and O–H groups in total. The van der Waals surface area contributed by atoms with E-state index in [2.05, 4.69) is 27.4 Å². The molecule has 0 radical (unpaired) electrons. The minimum absolute atomic E-state index is 0.310. The molecule has 2 heterocycles. The summed E-state index contributed by atoms with van der Waals surface area (Å²) in [5.41, 5.74) is 2.47. The number of nitrogens with zero attached hydrogens (tertiary/aromatic N) is 2. The first kappa shape index (κ1) is 15.2. The van der Waals surface area contributed by atoms with Crippen molar-refractivity contribution in [2.75, 3.05) is 5.32 Å². The van der Waals surface area contributed by atoms with Gasteiger partial charge in [-0.25, -0.2) is 5.10 Å². The Morgan fingerprint density at radius 1 is 1.33 bits per heavy atom. The zero-order chi connectivity index (χ0) is 15.1. The van der Waals surface area contributed by atoms with Crippen LogP contribution in [-0.2, 0) is 19.6 Å². The summed E-state index contributed by atoms with van der Waals surface area (Å²) in [5, 5.41) is 19.2. The van der Waals surface area contributed by atoms with E-state index >= 15 is 0 Å². The lowest BCUT2D eigenvalue weighted by Gasteiger charge is -2.14. The number of aryl methyl sites for hydroxylation is 1. The summed E-state index contributed by atoms with van der Waals surface area (Å²) in [4.78, 5) is 15.8.